The van der Waals surface area contributed by atoms with Crippen LogP contribution in [0, 0.1) is 5.41 Å². The summed E-state index contributed by atoms with van der Waals surface area (Å²) in [5.74, 6) is -0.374. The smallest absolute Gasteiger partial charge is 0.344 e. The van der Waals surface area contributed by atoms with Crippen molar-refractivity contribution in [2.75, 3.05) is 27.3 Å². The maximum Gasteiger partial charge on any atom is 0.471 e. The average Bonchev–Trinajstić information content (AvgIpc) is 3.74. The normalized spacial score (nSPS) is 22.6. The quantitative estimate of drug-likeness (QED) is 0.0383. The molecule has 0 bridgehead atoms. The molecule has 0 aromatic carbocycles. The third kappa shape index (κ3) is 21.3. The van der Waals surface area contributed by atoms with Crippen LogP contribution in [-0.4, -0.2) is 61.1 Å². The van der Waals surface area contributed by atoms with E-state index in [0.717, 1.165) is 38.5 Å². The lowest BCUT2D eigenvalue weighted by atomic mass is 9.59. The van der Waals surface area contributed by atoms with Crippen molar-refractivity contribution in [3.63, 3.8) is 0 Å². The van der Waals surface area contributed by atoms with Gasteiger partial charge in [0.1, 0.15) is 0 Å². The summed E-state index contributed by atoms with van der Waals surface area (Å²) in [6, 6.07) is 0.322. The van der Waals surface area contributed by atoms with E-state index in [2.05, 4.69) is 71.9 Å². The summed E-state index contributed by atoms with van der Waals surface area (Å²) in [4.78, 5) is 11.8. The van der Waals surface area contributed by atoms with E-state index in [1.165, 1.54) is 161 Å². The number of nitrogens with zero attached hydrogens (tertiary/aromatic N) is 1. The molecule has 57 heavy (non-hydrogen) atoms. The minimum atomic E-state index is -3.94. The van der Waals surface area contributed by atoms with Gasteiger partial charge in [-0.25, -0.2) is 4.57 Å². The molecule has 4 atom stereocenters. The molecular formula is C49H88NO6P. The van der Waals surface area contributed by atoms with E-state index in [0.29, 0.717) is 18.0 Å². The molecular weight excluding hydrogens is 730 g/mol. The average molecular weight is 818 g/mol. The fraction of sp³-hybridized carbons (Fsp3) is 0.837. The van der Waals surface area contributed by atoms with Gasteiger partial charge in [0.25, 0.3) is 0 Å². The molecule has 2 unspecified atom stereocenters. The number of likely N-dealkylation sites (N-methyl/N-ethyl adjacent to an activating group) is 1. The van der Waals surface area contributed by atoms with Crippen molar-refractivity contribution in [2.45, 2.75) is 231 Å². The number of fused-ring (bicyclic) bond motifs is 1. The molecule has 0 aromatic rings. The molecule has 3 fully saturated rings. The Morgan fingerprint density at radius 1 is 0.632 bits per heavy atom. The number of rotatable bonds is 36. The van der Waals surface area contributed by atoms with Gasteiger partial charge in [-0.1, -0.05) is 152 Å². The Bertz CT molecular complexity index is 1110. The Labute approximate surface area is 351 Å². The first-order chi connectivity index (χ1) is 27.8. The highest BCUT2D eigenvalue weighted by molar-refractivity contribution is 7.47. The zero-order valence-corrected chi connectivity index (χ0v) is 38.3. The Morgan fingerprint density at radius 3 is 1.46 bits per heavy atom. The Hall–Kier alpha value is -1.05. The monoisotopic (exact) mass is 818 g/mol. The molecule has 3 rings (SSSR count). The largest absolute Gasteiger partial charge is 0.471 e. The molecule has 2 aliphatic carbocycles. The number of phosphoric acid groups is 1. The number of hydrogen-bond donors (Lipinski definition) is 1. The molecule has 0 aromatic heterocycles. The lowest BCUT2D eigenvalue weighted by molar-refractivity contribution is -0.281. The number of hydrogen-bond acceptors (Lipinski definition) is 6. The summed E-state index contributed by atoms with van der Waals surface area (Å²) in [6.45, 7) is 5.25. The van der Waals surface area contributed by atoms with Crippen molar-refractivity contribution in [3.05, 3.63) is 48.6 Å². The van der Waals surface area contributed by atoms with Crippen LogP contribution >= 0.6 is 7.82 Å². The van der Waals surface area contributed by atoms with Crippen molar-refractivity contribution >= 4 is 7.82 Å². The van der Waals surface area contributed by atoms with E-state index in [-0.39, 0.29) is 24.6 Å². The van der Waals surface area contributed by atoms with Crippen molar-refractivity contribution in [1.82, 2.24) is 4.90 Å². The third-order valence-corrected chi connectivity index (χ3v) is 13.8. The van der Waals surface area contributed by atoms with Gasteiger partial charge in [-0.3, -0.25) is 9.05 Å². The highest BCUT2D eigenvalue weighted by atomic mass is 31.2. The summed E-state index contributed by atoms with van der Waals surface area (Å²) >= 11 is 0. The fourth-order valence-corrected chi connectivity index (χ4v) is 9.79. The predicted molar refractivity (Wildman–Crippen MR) is 241 cm³/mol. The summed E-state index contributed by atoms with van der Waals surface area (Å²) in [6.07, 6.45) is 56.9. The van der Waals surface area contributed by atoms with Crippen LogP contribution in [0.4, 0.5) is 0 Å². The molecule has 1 heterocycles. The van der Waals surface area contributed by atoms with E-state index >= 15 is 0 Å². The van der Waals surface area contributed by atoms with Crippen molar-refractivity contribution < 1.29 is 28.0 Å². The van der Waals surface area contributed by atoms with Gasteiger partial charge in [0.15, 0.2) is 5.79 Å². The zero-order chi connectivity index (χ0) is 40.9. The van der Waals surface area contributed by atoms with Crippen molar-refractivity contribution in [2.24, 2.45) is 5.41 Å². The summed E-state index contributed by atoms with van der Waals surface area (Å²) in [5, 5.41) is 0. The first-order valence-corrected chi connectivity index (χ1v) is 25.4. The number of allylic oxidation sites excluding steroid dienone is 8. The summed E-state index contributed by atoms with van der Waals surface area (Å²) < 4.78 is 34.8. The maximum atomic E-state index is 11.7. The molecule has 1 spiro atoms. The standard InChI is InChI=1S/C49H88NO6P/c1-5-7-9-11-13-15-17-19-21-23-25-27-29-31-33-35-37-48(38-36-34-32-30-28-26-24-22-20-18-16-14-12-10-8-6-2)43-49(44-48)55-46-41-45(42-47(46)56-49)50(3)39-40-54-57(51,52)53-4/h13-16,19-22,45-47H,5-12,17-18,23-44H2,1-4H3,(H,51,52)/b15-13-,16-14-,21-19-,22-20-/t45?,46-,47+. The number of ether oxygens (including phenoxy) is 2. The minimum absolute atomic E-state index is 0.142. The van der Waals surface area contributed by atoms with Crippen LogP contribution in [0.1, 0.15) is 206 Å². The molecule has 7 nitrogen and oxygen atoms in total. The van der Waals surface area contributed by atoms with Crippen LogP contribution in [0.3, 0.4) is 0 Å². The second-order valence-corrected chi connectivity index (χ2v) is 19.4. The van der Waals surface area contributed by atoms with E-state index in [9.17, 15) is 9.46 Å². The predicted octanol–water partition coefficient (Wildman–Crippen LogP) is 14.5. The first-order valence-electron chi connectivity index (χ1n) is 23.9. The molecule has 8 heteroatoms. The lowest BCUT2D eigenvalue weighted by Crippen LogP contribution is -2.53. The minimum Gasteiger partial charge on any atom is -0.344 e. The Morgan fingerprint density at radius 2 is 1.04 bits per heavy atom. The van der Waals surface area contributed by atoms with E-state index in [4.69, 9.17) is 14.0 Å². The molecule has 3 aliphatic rings. The van der Waals surface area contributed by atoms with Crippen LogP contribution in [0.15, 0.2) is 48.6 Å². The molecule has 330 valence electrons. The molecule has 1 N–H and O–H groups in total. The van der Waals surface area contributed by atoms with Gasteiger partial charge >= 0.3 is 7.82 Å². The molecule has 0 radical (unpaired) electrons. The van der Waals surface area contributed by atoms with Crippen LogP contribution in [0.2, 0.25) is 0 Å². The van der Waals surface area contributed by atoms with Gasteiger partial charge in [-0.2, -0.15) is 0 Å². The van der Waals surface area contributed by atoms with Crippen LogP contribution in [0.5, 0.6) is 0 Å². The third-order valence-electron chi connectivity index (χ3n) is 12.8. The molecule has 0 amide bonds. The number of unbranched alkanes of at least 4 members (excludes halogenated alkanes) is 18. The Kier molecular flexibility index (Phi) is 26.5. The first kappa shape index (κ1) is 50.3. The summed E-state index contributed by atoms with van der Waals surface area (Å²) in [7, 11) is -0.700. The second-order valence-electron chi connectivity index (χ2n) is 17.8. The zero-order valence-electron chi connectivity index (χ0n) is 37.4. The maximum absolute atomic E-state index is 11.7. The van der Waals surface area contributed by atoms with Gasteiger partial charge in [0.05, 0.1) is 18.8 Å². The van der Waals surface area contributed by atoms with Crippen LogP contribution < -0.4 is 0 Å². The lowest BCUT2D eigenvalue weighted by Gasteiger charge is -2.54. The van der Waals surface area contributed by atoms with Gasteiger partial charge in [-0.05, 0) is 102 Å². The summed E-state index contributed by atoms with van der Waals surface area (Å²) in [5.41, 5.74) is 0.371. The van der Waals surface area contributed by atoms with E-state index < -0.39 is 7.82 Å². The van der Waals surface area contributed by atoms with Gasteiger partial charge in [0.2, 0.25) is 0 Å². The van der Waals surface area contributed by atoms with E-state index in [1.54, 1.807) is 0 Å². The Balaban J connectivity index is 1.32. The van der Waals surface area contributed by atoms with Gasteiger partial charge < -0.3 is 19.3 Å². The number of phosphoric ester groups is 1. The molecule has 1 saturated heterocycles. The van der Waals surface area contributed by atoms with Crippen LogP contribution in [-0.2, 0) is 23.1 Å². The fourth-order valence-electron chi connectivity index (χ4n) is 9.37. The highest BCUT2D eigenvalue weighted by Crippen LogP contribution is 2.61. The molecule has 1 aliphatic heterocycles. The van der Waals surface area contributed by atoms with Crippen molar-refractivity contribution in [3.8, 4) is 0 Å². The van der Waals surface area contributed by atoms with Crippen LogP contribution in [0.25, 0.3) is 0 Å². The SMILES string of the molecule is CCCCC/C=C\C/C=C\CCCCCCCCC1(CCCCCCCC/C=C\C/C=C\CCCCC)CC2(C1)O[C@H]1CC(N(C)CCOP(=O)(O)OC)C[C@H]1O2. The second kappa shape index (κ2) is 30.1. The van der Waals surface area contributed by atoms with Gasteiger partial charge in [-0.15, -0.1) is 0 Å². The highest BCUT2D eigenvalue weighted by Gasteiger charge is 2.63. The van der Waals surface area contributed by atoms with E-state index in [1.807, 2.05) is 7.05 Å². The van der Waals surface area contributed by atoms with Crippen molar-refractivity contribution in [1.29, 1.82) is 0 Å². The van der Waals surface area contributed by atoms with Gasteiger partial charge in [0, 0.05) is 32.5 Å². The topological polar surface area (TPSA) is 77.5 Å². The molecule has 2 saturated carbocycles.